The molecule has 0 unspecified atom stereocenters. The van der Waals surface area contributed by atoms with E-state index in [1.54, 1.807) is 24.4 Å². The summed E-state index contributed by atoms with van der Waals surface area (Å²) in [5.41, 5.74) is 5.47. The summed E-state index contributed by atoms with van der Waals surface area (Å²) in [6.07, 6.45) is 1.59. The van der Waals surface area contributed by atoms with Crippen LogP contribution in [0.4, 0.5) is 0 Å². The maximum Gasteiger partial charge on any atom is 0.290 e. The minimum atomic E-state index is -0.726. The number of hydrogen-bond donors (Lipinski definition) is 1. The molecule has 6 nitrogen and oxygen atoms in total. The molecule has 0 saturated heterocycles. The number of aromatic nitrogens is 3. The van der Waals surface area contributed by atoms with Gasteiger partial charge in [-0.15, -0.1) is 0 Å². The van der Waals surface area contributed by atoms with Crippen LogP contribution in [0.1, 0.15) is 10.6 Å². The second kappa shape index (κ2) is 3.25. The van der Waals surface area contributed by atoms with Gasteiger partial charge in [-0.1, -0.05) is 11.2 Å². The van der Waals surface area contributed by atoms with Gasteiger partial charge in [-0.05, 0) is 12.1 Å². The second-order valence-electron chi connectivity index (χ2n) is 2.50. The van der Waals surface area contributed by atoms with Gasteiger partial charge in [0.2, 0.25) is 0 Å². The van der Waals surface area contributed by atoms with Crippen LogP contribution in [0, 0.1) is 0 Å². The monoisotopic (exact) mass is 190 g/mol. The third-order valence-electron chi connectivity index (χ3n) is 1.53. The third kappa shape index (κ3) is 1.45. The molecule has 14 heavy (non-hydrogen) atoms. The van der Waals surface area contributed by atoms with Gasteiger partial charge < -0.3 is 10.3 Å². The zero-order valence-corrected chi connectivity index (χ0v) is 7.04. The fraction of sp³-hybridized carbons (Fsp3) is 0. The highest BCUT2D eigenvalue weighted by atomic mass is 16.5. The molecule has 0 aliphatic heterocycles. The van der Waals surface area contributed by atoms with Crippen LogP contribution in [0.2, 0.25) is 0 Å². The first kappa shape index (κ1) is 8.36. The quantitative estimate of drug-likeness (QED) is 0.731. The van der Waals surface area contributed by atoms with Gasteiger partial charge in [0.1, 0.15) is 5.69 Å². The highest BCUT2D eigenvalue weighted by molar-refractivity contribution is 5.88. The lowest BCUT2D eigenvalue weighted by Gasteiger charge is -1.88. The van der Waals surface area contributed by atoms with E-state index in [9.17, 15) is 4.79 Å². The summed E-state index contributed by atoms with van der Waals surface area (Å²) in [6, 6.07) is 5.23. The molecule has 2 heterocycles. The average Bonchev–Trinajstić information content (AvgIpc) is 2.68. The third-order valence-corrected chi connectivity index (χ3v) is 1.53. The SMILES string of the molecule is NC(=O)c1noc(-c2ccccn2)n1. The summed E-state index contributed by atoms with van der Waals surface area (Å²) in [4.78, 5) is 18.4. The Bertz CT molecular complexity index is 451. The number of primary amides is 1. The molecule has 0 radical (unpaired) electrons. The molecule has 1 amide bonds. The first-order valence-corrected chi connectivity index (χ1v) is 3.82. The predicted molar refractivity (Wildman–Crippen MR) is 46.0 cm³/mol. The van der Waals surface area contributed by atoms with Crippen LogP contribution in [0.25, 0.3) is 11.6 Å². The molecular formula is C8H6N4O2. The van der Waals surface area contributed by atoms with Gasteiger partial charge in [0.05, 0.1) is 0 Å². The van der Waals surface area contributed by atoms with Crippen molar-refractivity contribution in [2.75, 3.05) is 0 Å². The Morgan fingerprint density at radius 3 is 2.86 bits per heavy atom. The number of hydrogen-bond acceptors (Lipinski definition) is 5. The van der Waals surface area contributed by atoms with Crippen LogP contribution in [0.3, 0.4) is 0 Å². The predicted octanol–water partition coefficient (Wildman–Crippen LogP) is 0.230. The molecule has 0 atom stereocenters. The van der Waals surface area contributed by atoms with E-state index < -0.39 is 5.91 Å². The van der Waals surface area contributed by atoms with Crippen molar-refractivity contribution in [2.45, 2.75) is 0 Å². The Morgan fingerprint density at radius 1 is 1.43 bits per heavy atom. The smallest absolute Gasteiger partial charge is 0.290 e. The van der Waals surface area contributed by atoms with Gasteiger partial charge >= 0.3 is 0 Å². The molecule has 0 saturated carbocycles. The number of carbonyl (C=O) groups is 1. The molecule has 2 rings (SSSR count). The topological polar surface area (TPSA) is 94.9 Å². The second-order valence-corrected chi connectivity index (χ2v) is 2.50. The summed E-state index contributed by atoms with van der Waals surface area (Å²) in [6.45, 7) is 0. The molecule has 2 aromatic heterocycles. The summed E-state index contributed by atoms with van der Waals surface area (Å²) in [7, 11) is 0. The van der Waals surface area contributed by atoms with E-state index >= 15 is 0 Å². The molecule has 6 heteroatoms. The summed E-state index contributed by atoms with van der Waals surface area (Å²) >= 11 is 0. The van der Waals surface area contributed by atoms with Crippen LogP contribution in [-0.4, -0.2) is 21.0 Å². The summed E-state index contributed by atoms with van der Waals surface area (Å²) in [5.74, 6) is -0.694. The van der Waals surface area contributed by atoms with E-state index in [2.05, 4.69) is 15.1 Å². The van der Waals surface area contributed by atoms with Crippen molar-refractivity contribution in [2.24, 2.45) is 5.73 Å². The largest absolute Gasteiger partial charge is 0.363 e. The Labute approximate surface area is 78.8 Å². The number of nitrogens with zero attached hydrogens (tertiary/aromatic N) is 3. The van der Waals surface area contributed by atoms with Crippen molar-refractivity contribution in [3.8, 4) is 11.6 Å². The van der Waals surface area contributed by atoms with Gasteiger partial charge in [-0.25, -0.2) is 0 Å². The van der Waals surface area contributed by atoms with Gasteiger partial charge in [0.15, 0.2) is 0 Å². The molecular weight excluding hydrogens is 184 g/mol. The lowest BCUT2D eigenvalue weighted by molar-refractivity contribution is 0.0987. The molecule has 0 bridgehead atoms. The van der Waals surface area contributed by atoms with Gasteiger partial charge in [0, 0.05) is 6.20 Å². The minimum absolute atomic E-state index is 0.148. The lowest BCUT2D eigenvalue weighted by Crippen LogP contribution is -2.12. The van der Waals surface area contributed by atoms with E-state index in [1.165, 1.54) is 0 Å². The van der Waals surface area contributed by atoms with Crippen LogP contribution in [0.5, 0.6) is 0 Å². The van der Waals surface area contributed by atoms with E-state index in [1.807, 2.05) is 0 Å². The molecule has 0 fully saturated rings. The van der Waals surface area contributed by atoms with Crippen molar-refractivity contribution in [1.82, 2.24) is 15.1 Å². The highest BCUT2D eigenvalue weighted by Gasteiger charge is 2.12. The Hall–Kier alpha value is -2.24. The number of amides is 1. The van der Waals surface area contributed by atoms with Crippen molar-refractivity contribution >= 4 is 5.91 Å². The molecule has 0 aromatic carbocycles. The van der Waals surface area contributed by atoms with Crippen LogP contribution < -0.4 is 5.73 Å². The number of pyridine rings is 1. The molecule has 0 aliphatic carbocycles. The van der Waals surface area contributed by atoms with Crippen LogP contribution in [-0.2, 0) is 0 Å². The van der Waals surface area contributed by atoms with Crippen molar-refractivity contribution in [3.63, 3.8) is 0 Å². The normalized spacial score (nSPS) is 10.0. The minimum Gasteiger partial charge on any atom is -0.363 e. The molecule has 2 N–H and O–H groups in total. The maximum atomic E-state index is 10.7. The summed E-state index contributed by atoms with van der Waals surface area (Å²) < 4.78 is 4.79. The standard InChI is InChI=1S/C8H6N4O2/c9-6(13)7-11-8(14-12-7)5-3-1-2-4-10-5/h1-4H,(H2,9,13). The Balaban J connectivity index is 2.39. The van der Waals surface area contributed by atoms with Crippen molar-refractivity contribution in [1.29, 1.82) is 0 Å². The van der Waals surface area contributed by atoms with E-state index in [-0.39, 0.29) is 11.7 Å². The average molecular weight is 190 g/mol. The zero-order valence-electron chi connectivity index (χ0n) is 7.04. The number of carbonyl (C=O) groups excluding carboxylic acids is 1. The first-order chi connectivity index (χ1) is 6.77. The van der Waals surface area contributed by atoms with Gasteiger partial charge in [-0.3, -0.25) is 9.78 Å². The van der Waals surface area contributed by atoms with Crippen LogP contribution in [0.15, 0.2) is 28.9 Å². The zero-order chi connectivity index (χ0) is 9.97. The maximum absolute atomic E-state index is 10.7. The van der Waals surface area contributed by atoms with E-state index in [4.69, 9.17) is 10.3 Å². The molecule has 70 valence electrons. The highest BCUT2D eigenvalue weighted by Crippen LogP contribution is 2.12. The lowest BCUT2D eigenvalue weighted by atomic mass is 10.3. The number of rotatable bonds is 2. The fourth-order valence-electron chi connectivity index (χ4n) is 0.917. The van der Waals surface area contributed by atoms with E-state index in [0.29, 0.717) is 5.69 Å². The first-order valence-electron chi connectivity index (χ1n) is 3.82. The fourth-order valence-corrected chi connectivity index (χ4v) is 0.917. The van der Waals surface area contributed by atoms with Gasteiger partial charge in [0.25, 0.3) is 17.6 Å². The van der Waals surface area contributed by atoms with E-state index in [0.717, 1.165) is 0 Å². The molecule has 2 aromatic rings. The Kier molecular flexibility index (Phi) is 1.94. The number of nitrogens with two attached hydrogens (primary N) is 1. The Morgan fingerprint density at radius 2 is 2.29 bits per heavy atom. The summed E-state index contributed by atoms with van der Waals surface area (Å²) in [5, 5.41) is 3.39. The van der Waals surface area contributed by atoms with Crippen molar-refractivity contribution in [3.05, 3.63) is 30.2 Å². The van der Waals surface area contributed by atoms with Gasteiger partial charge in [-0.2, -0.15) is 4.98 Å². The molecule has 0 aliphatic rings. The van der Waals surface area contributed by atoms with Crippen molar-refractivity contribution < 1.29 is 9.32 Å². The van der Waals surface area contributed by atoms with Crippen LogP contribution >= 0.6 is 0 Å². The molecule has 0 spiro atoms.